The molecule has 1 aromatic carbocycles. The third-order valence-corrected chi connectivity index (χ3v) is 5.87. The monoisotopic (exact) mass is 368 g/mol. The smallest absolute Gasteiger partial charge is 0.239 e. The number of benzene rings is 1. The molecular formula is C19H20N4O2S. The van der Waals surface area contributed by atoms with Crippen molar-refractivity contribution in [3.63, 3.8) is 0 Å². The Morgan fingerprint density at radius 1 is 1.35 bits per heavy atom. The largest absolute Gasteiger partial charge is 0.353 e. The molecule has 2 amide bonds. The van der Waals surface area contributed by atoms with Gasteiger partial charge in [0.1, 0.15) is 5.82 Å². The average Bonchev–Trinajstić information content (AvgIpc) is 3.05. The standard InChI is InChI=1S/C19H20N4O2S/c1-12-2-3-13-9-16(26-15(13)8-12)19(25)22-14-4-5-17(21-10-14)23-7-6-20-18(24)11-23/h2-5,8,10,16H,6-7,9,11H2,1H3,(H,20,24)(H,22,25)/t16-/m1/s1. The number of amides is 2. The Morgan fingerprint density at radius 3 is 3.00 bits per heavy atom. The number of rotatable bonds is 3. The molecule has 1 fully saturated rings. The van der Waals surface area contributed by atoms with Crippen LogP contribution < -0.4 is 15.5 Å². The highest BCUT2D eigenvalue weighted by Crippen LogP contribution is 2.38. The Morgan fingerprint density at radius 2 is 2.23 bits per heavy atom. The van der Waals surface area contributed by atoms with Gasteiger partial charge in [0, 0.05) is 18.0 Å². The van der Waals surface area contributed by atoms with Gasteiger partial charge in [0.25, 0.3) is 0 Å². The van der Waals surface area contributed by atoms with Crippen LogP contribution in [0.4, 0.5) is 11.5 Å². The lowest BCUT2D eigenvalue weighted by atomic mass is 10.1. The quantitative estimate of drug-likeness (QED) is 0.867. The van der Waals surface area contributed by atoms with E-state index in [1.54, 1.807) is 18.0 Å². The summed E-state index contributed by atoms with van der Waals surface area (Å²) in [5, 5.41) is 5.63. The number of nitrogens with one attached hydrogen (secondary N) is 2. The van der Waals surface area contributed by atoms with Crippen molar-refractivity contribution in [3.8, 4) is 0 Å². The first-order chi connectivity index (χ1) is 12.6. The molecule has 0 bridgehead atoms. The van der Waals surface area contributed by atoms with Crippen LogP contribution in [0.15, 0.2) is 41.4 Å². The molecule has 134 valence electrons. The summed E-state index contributed by atoms with van der Waals surface area (Å²) in [7, 11) is 0. The maximum atomic E-state index is 12.6. The van der Waals surface area contributed by atoms with Crippen LogP contribution in [0.5, 0.6) is 0 Å². The predicted molar refractivity (Wildman–Crippen MR) is 103 cm³/mol. The fourth-order valence-electron chi connectivity index (χ4n) is 3.18. The van der Waals surface area contributed by atoms with Gasteiger partial charge < -0.3 is 15.5 Å². The van der Waals surface area contributed by atoms with E-state index in [1.807, 2.05) is 17.0 Å². The van der Waals surface area contributed by atoms with Gasteiger partial charge in [-0.2, -0.15) is 0 Å². The number of anilines is 2. The van der Waals surface area contributed by atoms with Crippen molar-refractivity contribution in [1.82, 2.24) is 10.3 Å². The van der Waals surface area contributed by atoms with Gasteiger partial charge in [-0.1, -0.05) is 17.7 Å². The summed E-state index contributed by atoms with van der Waals surface area (Å²) in [6.45, 7) is 3.74. The summed E-state index contributed by atoms with van der Waals surface area (Å²) in [6.07, 6.45) is 2.40. The second-order valence-electron chi connectivity index (χ2n) is 6.59. The molecule has 0 saturated carbocycles. The number of hydrogen-bond donors (Lipinski definition) is 2. The molecule has 2 aliphatic heterocycles. The molecule has 0 radical (unpaired) electrons. The molecule has 2 aliphatic rings. The maximum absolute atomic E-state index is 12.6. The number of aromatic nitrogens is 1. The second kappa shape index (κ2) is 6.99. The summed E-state index contributed by atoms with van der Waals surface area (Å²) in [5.41, 5.74) is 3.12. The summed E-state index contributed by atoms with van der Waals surface area (Å²) >= 11 is 1.62. The highest BCUT2D eigenvalue weighted by atomic mass is 32.2. The number of fused-ring (bicyclic) bond motifs is 1. The zero-order valence-electron chi connectivity index (χ0n) is 14.5. The first-order valence-corrected chi connectivity index (χ1v) is 9.51. The van der Waals surface area contributed by atoms with Crippen LogP contribution in [0, 0.1) is 6.92 Å². The number of pyridine rings is 1. The van der Waals surface area contributed by atoms with Crippen LogP contribution >= 0.6 is 11.8 Å². The summed E-state index contributed by atoms with van der Waals surface area (Å²) < 4.78 is 0. The van der Waals surface area contributed by atoms with Gasteiger partial charge in [0.05, 0.1) is 23.7 Å². The molecule has 6 nitrogen and oxygen atoms in total. The number of hydrogen-bond acceptors (Lipinski definition) is 5. The topological polar surface area (TPSA) is 74.3 Å². The fourth-order valence-corrected chi connectivity index (χ4v) is 4.48. The average molecular weight is 368 g/mol. The van der Waals surface area contributed by atoms with Crippen LogP contribution in [-0.2, 0) is 16.0 Å². The Kier molecular flexibility index (Phi) is 4.55. The Bertz CT molecular complexity index is 853. The number of carbonyl (C=O) groups excluding carboxylic acids is 2. The summed E-state index contributed by atoms with van der Waals surface area (Å²) in [6, 6.07) is 10.0. The minimum absolute atomic E-state index is 0.00323. The Labute approximate surface area is 156 Å². The molecule has 7 heteroatoms. The first kappa shape index (κ1) is 16.9. The summed E-state index contributed by atoms with van der Waals surface area (Å²) in [5.74, 6) is 0.746. The van der Waals surface area contributed by atoms with E-state index in [0.717, 1.165) is 18.8 Å². The molecule has 2 aromatic rings. The maximum Gasteiger partial charge on any atom is 0.239 e. The van der Waals surface area contributed by atoms with Crippen molar-refractivity contribution < 1.29 is 9.59 Å². The van der Waals surface area contributed by atoms with Crippen LogP contribution in [0.1, 0.15) is 11.1 Å². The third-order valence-electron chi connectivity index (χ3n) is 4.57. The zero-order valence-corrected chi connectivity index (χ0v) is 15.3. The van der Waals surface area contributed by atoms with Crippen molar-refractivity contribution in [1.29, 1.82) is 0 Å². The number of nitrogens with zero attached hydrogens (tertiary/aromatic N) is 2. The lowest BCUT2D eigenvalue weighted by molar-refractivity contribution is -0.120. The van der Waals surface area contributed by atoms with Gasteiger partial charge in [-0.25, -0.2) is 4.98 Å². The Balaban J connectivity index is 1.38. The van der Waals surface area contributed by atoms with Gasteiger partial charge >= 0.3 is 0 Å². The SMILES string of the molecule is Cc1ccc2c(c1)S[C@@H](C(=O)Nc1ccc(N3CCNC(=O)C3)nc1)C2. The fraction of sp³-hybridized carbons (Fsp3) is 0.316. The van der Waals surface area contributed by atoms with Gasteiger partial charge in [0.15, 0.2) is 0 Å². The molecule has 0 unspecified atom stereocenters. The minimum Gasteiger partial charge on any atom is -0.353 e. The van der Waals surface area contributed by atoms with E-state index in [1.165, 1.54) is 16.0 Å². The molecule has 1 atom stereocenters. The van der Waals surface area contributed by atoms with E-state index in [0.29, 0.717) is 18.8 Å². The molecule has 0 aliphatic carbocycles. The van der Waals surface area contributed by atoms with Crippen molar-refractivity contribution in [2.45, 2.75) is 23.5 Å². The third kappa shape index (κ3) is 3.53. The van der Waals surface area contributed by atoms with Gasteiger partial charge in [0.2, 0.25) is 11.8 Å². The molecular weight excluding hydrogens is 348 g/mol. The predicted octanol–water partition coefficient (Wildman–Crippen LogP) is 1.98. The van der Waals surface area contributed by atoms with Gasteiger partial charge in [-0.15, -0.1) is 11.8 Å². The number of piperazine rings is 1. The van der Waals surface area contributed by atoms with Crippen molar-refractivity contribution in [3.05, 3.63) is 47.7 Å². The van der Waals surface area contributed by atoms with Crippen LogP contribution in [0.25, 0.3) is 0 Å². The van der Waals surface area contributed by atoms with Crippen LogP contribution in [0.3, 0.4) is 0 Å². The first-order valence-electron chi connectivity index (χ1n) is 8.63. The lowest BCUT2D eigenvalue weighted by Crippen LogP contribution is -2.48. The highest BCUT2D eigenvalue weighted by molar-refractivity contribution is 8.01. The van der Waals surface area contributed by atoms with Crippen LogP contribution in [-0.4, -0.2) is 41.7 Å². The summed E-state index contributed by atoms with van der Waals surface area (Å²) in [4.78, 5) is 31.6. The molecule has 2 N–H and O–H groups in total. The number of carbonyl (C=O) groups is 2. The normalized spacial score (nSPS) is 19.0. The number of aryl methyl sites for hydroxylation is 1. The molecule has 3 heterocycles. The van der Waals surface area contributed by atoms with E-state index in [2.05, 4.69) is 40.7 Å². The van der Waals surface area contributed by atoms with E-state index in [4.69, 9.17) is 0 Å². The Hall–Kier alpha value is -2.54. The second-order valence-corrected chi connectivity index (χ2v) is 7.83. The number of thioether (sulfide) groups is 1. The van der Waals surface area contributed by atoms with Gasteiger partial charge in [-0.3, -0.25) is 9.59 Å². The van der Waals surface area contributed by atoms with E-state index in [-0.39, 0.29) is 17.1 Å². The molecule has 4 rings (SSSR count). The van der Waals surface area contributed by atoms with E-state index in [9.17, 15) is 9.59 Å². The van der Waals surface area contributed by atoms with E-state index >= 15 is 0 Å². The highest BCUT2D eigenvalue weighted by Gasteiger charge is 2.28. The molecule has 1 saturated heterocycles. The minimum atomic E-state index is -0.114. The van der Waals surface area contributed by atoms with E-state index < -0.39 is 0 Å². The lowest BCUT2D eigenvalue weighted by Gasteiger charge is -2.27. The van der Waals surface area contributed by atoms with Crippen molar-refractivity contribution in [2.75, 3.05) is 29.9 Å². The zero-order chi connectivity index (χ0) is 18.1. The van der Waals surface area contributed by atoms with Crippen molar-refractivity contribution in [2.24, 2.45) is 0 Å². The van der Waals surface area contributed by atoms with Gasteiger partial charge in [-0.05, 0) is 37.1 Å². The molecule has 0 spiro atoms. The van der Waals surface area contributed by atoms with Crippen molar-refractivity contribution >= 4 is 35.1 Å². The molecule has 26 heavy (non-hydrogen) atoms. The molecule has 1 aromatic heterocycles. The van der Waals surface area contributed by atoms with Crippen LogP contribution in [0.2, 0.25) is 0 Å².